The monoisotopic (exact) mass is 264 g/mol. The zero-order valence-electron chi connectivity index (χ0n) is 9.81. The standard InChI is InChI=1S/C13H10F2N2O2/c1-2-5-17-12(13(18)19)7-11(16-17)8-3-4-9(14)10(15)6-8/h2-4,6-7H,1,5H2,(H,18,19). The van der Waals surface area contributed by atoms with E-state index in [0.717, 1.165) is 12.1 Å². The molecule has 1 heterocycles. The van der Waals surface area contributed by atoms with Crippen molar-refractivity contribution in [1.29, 1.82) is 0 Å². The maximum absolute atomic E-state index is 13.1. The molecule has 0 saturated carbocycles. The van der Waals surface area contributed by atoms with Crippen molar-refractivity contribution in [1.82, 2.24) is 9.78 Å². The molecule has 1 aromatic heterocycles. The topological polar surface area (TPSA) is 55.1 Å². The SMILES string of the molecule is C=CCn1nc(-c2ccc(F)c(F)c2)cc1C(=O)O. The zero-order chi connectivity index (χ0) is 14.0. The van der Waals surface area contributed by atoms with Gasteiger partial charge in [0.1, 0.15) is 5.69 Å². The number of carboxylic acid groups (broad SMARTS) is 1. The highest BCUT2D eigenvalue weighted by molar-refractivity contribution is 5.87. The van der Waals surface area contributed by atoms with E-state index in [1.54, 1.807) is 0 Å². The van der Waals surface area contributed by atoms with E-state index in [-0.39, 0.29) is 17.9 Å². The molecule has 0 bridgehead atoms. The molecule has 2 rings (SSSR count). The first-order valence-electron chi connectivity index (χ1n) is 5.40. The van der Waals surface area contributed by atoms with Gasteiger partial charge in [0.25, 0.3) is 0 Å². The summed E-state index contributed by atoms with van der Waals surface area (Å²) >= 11 is 0. The highest BCUT2D eigenvalue weighted by atomic mass is 19.2. The van der Waals surface area contributed by atoms with Gasteiger partial charge in [0.05, 0.1) is 12.2 Å². The van der Waals surface area contributed by atoms with Crippen molar-refractivity contribution >= 4 is 5.97 Å². The van der Waals surface area contributed by atoms with Crippen LogP contribution in [0.2, 0.25) is 0 Å². The van der Waals surface area contributed by atoms with E-state index in [1.807, 2.05) is 0 Å². The lowest BCUT2D eigenvalue weighted by Gasteiger charge is -1.99. The van der Waals surface area contributed by atoms with Crippen molar-refractivity contribution < 1.29 is 18.7 Å². The van der Waals surface area contributed by atoms with E-state index in [1.165, 1.54) is 22.9 Å². The third-order valence-electron chi connectivity index (χ3n) is 2.52. The molecule has 0 saturated heterocycles. The number of allylic oxidation sites excluding steroid dienone is 1. The Morgan fingerprint density at radius 1 is 1.37 bits per heavy atom. The molecule has 0 fully saturated rings. The molecule has 0 aliphatic rings. The molecular weight excluding hydrogens is 254 g/mol. The first kappa shape index (κ1) is 12.9. The minimum atomic E-state index is -1.15. The first-order chi connectivity index (χ1) is 9.02. The third kappa shape index (κ3) is 2.52. The summed E-state index contributed by atoms with van der Waals surface area (Å²) in [5, 5.41) is 13.1. The van der Waals surface area contributed by atoms with Crippen LogP contribution in [0.5, 0.6) is 0 Å². The quantitative estimate of drug-likeness (QED) is 0.864. The van der Waals surface area contributed by atoms with E-state index < -0.39 is 17.6 Å². The first-order valence-corrected chi connectivity index (χ1v) is 5.40. The predicted octanol–water partition coefficient (Wildman–Crippen LogP) is 2.71. The number of nitrogens with zero attached hydrogens (tertiary/aromatic N) is 2. The van der Waals surface area contributed by atoms with Crippen molar-refractivity contribution in [2.24, 2.45) is 0 Å². The average Bonchev–Trinajstić information content (AvgIpc) is 2.77. The van der Waals surface area contributed by atoms with Crippen LogP contribution in [0.4, 0.5) is 8.78 Å². The van der Waals surface area contributed by atoms with Crippen LogP contribution in [-0.4, -0.2) is 20.9 Å². The van der Waals surface area contributed by atoms with Crippen LogP contribution < -0.4 is 0 Å². The second-order valence-electron chi connectivity index (χ2n) is 3.82. The van der Waals surface area contributed by atoms with Crippen molar-refractivity contribution in [3.05, 3.63) is 54.2 Å². The van der Waals surface area contributed by atoms with Crippen LogP contribution in [0.3, 0.4) is 0 Å². The number of halogens is 2. The van der Waals surface area contributed by atoms with Crippen LogP contribution in [0.25, 0.3) is 11.3 Å². The van der Waals surface area contributed by atoms with Crippen molar-refractivity contribution in [2.45, 2.75) is 6.54 Å². The Balaban J connectivity index is 2.50. The van der Waals surface area contributed by atoms with E-state index in [0.29, 0.717) is 5.56 Å². The van der Waals surface area contributed by atoms with Gasteiger partial charge in [-0.15, -0.1) is 6.58 Å². The average molecular weight is 264 g/mol. The molecule has 0 atom stereocenters. The van der Waals surface area contributed by atoms with Crippen molar-refractivity contribution in [3.63, 3.8) is 0 Å². The van der Waals surface area contributed by atoms with Crippen LogP contribution in [0.1, 0.15) is 10.5 Å². The van der Waals surface area contributed by atoms with E-state index in [2.05, 4.69) is 11.7 Å². The van der Waals surface area contributed by atoms with Crippen LogP contribution in [0, 0.1) is 11.6 Å². The van der Waals surface area contributed by atoms with Gasteiger partial charge in [-0.1, -0.05) is 6.08 Å². The van der Waals surface area contributed by atoms with Gasteiger partial charge in [0.15, 0.2) is 11.6 Å². The molecule has 6 heteroatoms. The zero-order valence-corrected chi connectivity index (χ0v) is 9.81. The van der Waals surface area contributed by atoms with Gasteiger partial charge in [0.2, 0.25) is 0 Å². The van der Waals surface area contributed by atoms with Gasteiger partial charge in [-0.3, -0.25) is 4.68 Å². The molecule has 98 valence electrons. The molecule has 19 heavy (non-hydrogen) atoms. The summed E-state index contributed by atoms with van der Waals surface area (Å²) in [5.74, 6) is -3.12. The molecule has 0 amide bonds. The number of carbonyl (C=O) groups is 1. The Morgan fingerprint density at radius 2 is 2.11 bits per heavy atom. The van der Waals surface area contributed by atoms with Crippen molar-refractivity contribution in [2.75, 3.05) is 0 Å². The second-order valence-corrected chi connectivity index (χ2v) is 3.82. The van der Waals surface area contributed by atoms with Gasteiger partial charge in [0, 0.05) is 5.56 Å². The van der Waals surface area contributed by atoms with Gasteiger partial charge >= 0.3 is 5.97 Å². The lowest BCUT2D eigenvalue weighted by atomic mass is 10.1. The molecule has 1 N–H and O–H groups in total. The Hall–Kier alpha value is -2.50. The summed E-state index contributed by atoms with van der Waals surface area (Å²) in [6.07, 6.45) is 1.49. The fourth-order valence-corrected chi connectivity index (χ4v) is 1.65. The van der Waals surface area contributed by atoms with Crippen molar-refractivity contribution in [3.8, 4) is 11.3 Å². The van der Waals surface area contributed by atoms with E-state index in [9.17, 15) is 13.6 Å². The number of carboxylic acids is 1. The van der Waals surface area contributed by atoms with Gasteiger partial charge in [-0.2, -0.15) is 5.10 Å². The number of benzene rings is 1. The van der Waals surface area contributed by atoms with E-state index >= 15 is 0 Å². The van der Waals surface area contributed by atoms with Crippen LogP contribution in [0.15, 0.2) is 36.9 Å². The number of rotatable bonds is 4. The Labute approximate surface area is 107 Å². The molecule has 0 aliphatic heterocycles. The van der Waals surface area contributed by atoms with Gasteiger partial charge in [-0.05, 0) is 24.3 Å². The van der Waals surface area contributed by atoms with Crippen LogP contribution in [-0.2, 0) is 6.54 Å². The molecule has 1 aromatic carbocycles. The fraction of sp³-hybridized carbons (Fsp3) is 0.0769. The molecule has 0 spiro atoms. The lowest BCUT2D eigenvalue weighted by Crippen LogP contribution is -2.08. The smallest absolute Gasteiger partial charge is 0.354 e. The minimum absolute atomic E-state index is 0.0420. The number of aromatic nitrogens is 2. The van der Waals surface area contributed by atoms with Crippen LogP contribution >= 0.6 is 0 Å². The number of aromatic carboxylic acids is 1. The summed E-state index contributed by atoms with van der Waals surface area (Å²) < 4.78 is 27.2. The Morgan fingerprint density at radius 3 is 2.68 bits per heavy atom. The van der Waals surface area contributed by atoms with Gasteiger partial charge < -0.3 is 5.11 Å². The van der Waals surface area contributed by atoms with E-state index in [4.69, 9.17) is 5.11 Å². The Bertz CT molecular complexity index is 650. The van der Waals surface area contributed by atoms with Gasteiger partial charge in [-0.25, -0.2) is 13.6 Å². The maximum Gasteiger partial charge on any atom is 0.354 e. The molecule has 2 aromatic rings. The Kier molecular flexibility index (Phi) is 3.41. The number of hydrogen-bond donors (Lipinski definition) is 1. The summed E-state index contributed by atoms with van der Waals surface area (Å²) in [6.45, 7) is 3.71. The summed E-state index contributed by atoms with van der Waals surface area (Å²) in [7, 11) is 0. The fourth-order valence-electron chi connectivity index (χ4n) is 1.65. The normalized spacial score (nSPS) is 10.4. The molecule has 0 aliphatic carbocycles. The molecule has 4 nitrogen and oxygen atoms in total. The minimum Gasteiger partial charge on any atom is -0.477 e. The summed E-state index contributed by atoms with van der Waals surface area (Å²) in [4.78, 5) is 11.0. The second kappa shape index (κ2) is 5.01. The third-order valence-corrected chi connectivity index (χ3v) is 2.52. The number of hydrogen-bond acceptors (Lipinski definition) is 2. The largest absolute Gasteiger partial charge is 0.477 e. The maximum atomic E-state index is 13.1. The summed E-state index contributed by atoms with van der Waals surface area (Å²) in [6, 6.07) is 4.59. The predicted molar refractivity (Wildman–Crippen MR) is 64.7 cm³/mol. The molecule has 0 radical (unpaired) electrons. The highest BCUT2D eigenvalue weighted by Gasteiger charge is 2.15. The molecular formula is C13H10F2N2O2. The summed E-state index contributed by atoms with van der Waals surface area (Å²) in [5.41, 5.74) is 0.530. The molecule has 0 unspecified atom stereocenters. The highest BCUT2D eigenvalue weighted by Crippen LogP contribution is 2.21. The lowest BCUT2D eigenvalue weighted by molar-refractivity contribution is 0.0684.